The maximum Gasteiger partial charge on any atom is 0.224 e. The number of phenolic OH excluding ortho intramolecular Hbond substituents is 1. The van der Waals surface area contributed by atoms with Crippen LogP contribution in [0, 0.1) is 0 Å². The van der Waals surface area contributed by atoms with Crippen LogP contribution in [0.3, 0.4) is 0 Å². The molecule has 0 aliphatic heterocycles. The minimum absolute atomic E-state index is 0.0920. The zero-order chi connectivity index (χ0) is 15.2. The molecule has 2 N–H and O–H groups in total. The molecule has 0 bridgehead atoms. The lowest BCUT2D eigenvalue weighted by Gasteiger charge is -2.07. The van der Waals surface area contributed by atoms with Gasteiger partial charge in [-0.05, 0) is 41.8 Å². The van der Waals surface area contributed by atoms with Crippen molar-refractivity contribution in [3.8, 4) is 5.75 Å². The number of phenols is 1. The first kappa shape index (κ1) is 15.7. The van der Waals surface area contributed by atoms with E-state index >= 15 is 0 Å². The summed E-state index contributed by atoms with van der Waals surface area (Å²) < 4.78 is 0. The van der Waals surface area contributed by atoms with Crippen molar-refractivity contribution in [3.05, 3.63) is 63.6 Å². The highest BCUT2D eigenvalue weighted by molar-refractivity contribution is 6.35. The minimum atomic E-state index is -0.0920. The average Bonchev–Trinajstić information content (AvgIpc) is 2.41. The summed E-state index contributed by atoms with van der Waals surface area (Å²) in [5.41, 5.74) is 1.72. The number of nitrogens with one attached hydrogen (secondary N) is 1. The molecule has 0 spiro atoms. The molecule has 0 saturated heterocycles. The minimum Gasteiger partial charge on any atom is -0.508 e. The maximum absolute atomic E-state index is 11.8. The van der Waals surface area contributed by atoms with Crippen LogP contribution in [0.2, 0.25) is 10.0 Å². The van der Waals surface area contributed by atoms with Gasteiger partial charge in [-0.15, -0.1) is 0 Å². The van der Waals surface area contributed by atoms with E-state index < -0.39 is 0 Å². The first-order chi connectivity index (χ1) is 10.0. The smallest absolute Gasteiger partial charge is 0.224 e. The lowest BCUT2D eigenvalue weighted by Crippen LogP contribution is -2.27. The molecule has 0 saturated carbocycles. The molecule has 5 heteroatoms. The summed E-state index contributed by atoms with van der Waals surface area (Å²) in [6.07, 6.45) is 0.879. The van der Waals surface area contributed by atoms with Gasteiger partial charge in [0.1, 0.15) is 5.75 Å². The van der Waals surface area contributed by atoms with Gasteiger partial charge in [-0.3, -0.25) is 4.79 Å². The fourth-order valence-electron chi connectivity index (χ4n) is 1.98. The number of carbonyl (C=O) groups is 1. The molecule has 1 amide bonds. The van der Waals surface area contributed by atoms with Crippen molar-refractivity contribution in [2.75, 3.05) is 6.54 Å². The molecule has 0 aliphatic carbocycles. The third-order valence-corrected chi connectivity index (χ3v) is 3.59. The maximum atomic E-state index is 11.8. The quantitative estimate of drug-likeness (QED) is 0.883. The Balaban J connectivity index is 1.81. The lowest BCUT2D eigenvalue weighted by atomic mass is 10.1. The Kier molecular flexibility index (Phi) is 5.48. The summed E-state index contributed by atoms with van der Waals surface area (Å²) in [6.45, 7) is 0.499. The Hall–Kier alpha value is -1.71. The molecule has 0 aromatic heterocycles. The summed E-state index contributed by atoms with van der Waals surface area (Å²) in [6, 6.07) is 12.0. The number of hydrogen-bond acceptors (Lipinski definition) is 2. The monoisotopic (exact) mass is 323 g/mol. The van der Waals surface area contributed by atoms with Crippen molar-refractivity contribution >= 4 is 29.1 Å². The van der Waals surface area contributed by atoms with Gasteiger partial charge in [0.15, 0.2) is 0 Å². The molecule has 0 radical (unpaired) electrons. The van der Waals surface area contributed by atoms with Crippen LogP contribution in [0.15, 0.2) is 42.5 Å². The number of halogens is 2. The number of hydrogen-bond donors (Lipinski definition) is 2. The molecule has 0 atom stereocenters. The molecule has 2 aromatic rings. The number of carbonyl (C=O) groups excluding carboxylic acids is 1. The Labute approximate surface area is 133 Å². The van der Waals surface area contributed by atoms with Crippen LogP contribution in [0.5, 0.6) is 5.75 Å². The van der Waals surface area contributed by atoms with E-state index in [1.54, 1.807) is 36.4 Å². The van der Waals surface area contributed by atoms with Gasteiger partial charge < -0.3 is 10.4 Å². The Morgan fingerprint density at radius 3 is 2.67 bits per heavy atom. The average molecular weight is 324 g/mol. The normalized spacial score (nSPS) is 10.4. The SMILES string of the molecule is O=C(Cc1cccc(O)c1)NCCc1ccc(Cl)cc1Cl. The van der Waals surface area contributed by atoms with E-state index in [4.69, 9.17) is 23.2 Å². The van der Waals surface area contributed by atoms with E-state index in [-0.39, 0.29) is 18.1 Å². The fourth-order valence-corrected chi connectivity index (χ4v) is 2.48. The first-order valence-corrected chi connectivity index (χ1v) is 7.29. The molecule has 0 heterocycles. The van der Waals surface area contributed by atoms with Crippen LogP contribution in [0.1, 0.15) is 11.1 Å². The van der Waals surface area contributed by atoms with Crippen molar-refractivity contribution in [1.29, 1.82) is 0 Å². The molecular weight excluding hydrogens is 309 g/mol. The summed E-state index contributed by atoms with van der Waals surface area (Å²) in [5, 5.41) is 13.4. The zero-order valence-corrected chi connectivity index (χ0v) is 12.8. The Morgan fingerprint density at radius 1 is 1.14 bits per heavy atom. The van der Waals surface area contributed by atoms with Crippen LogP contribution < -0.4 is 5.32 Å². The van der Waals surface area contributed by atoms with E-state index in [2.05, 4.69) is 5.32 Å². The second-order valence-electron chi connectivity index (χ2n) is 4.68. The predicted octanol–water partition coefficient (Wildman–Crippen LogP) is 3.60. The highest BCUT2D eigenvalue weighted by Crippen LogP contribution is 2.21. The second-order valence-corrected chi connectivity index (χ2v) is 5.53. The van der Waals surface area contributed by atoms with E-state index in [0.717, 1.165) is 11.1 Å². The van der Waals surface area contributed by atoms with Gasteiger partial charge in [0.2, 0.25) is 5.91 Å². The first-order valence-electron chi connectivity index (χ1n) is 6.53. The topological polar surface area (TPSA) is 49.3 Å². The molecular formula is C16H15Cl2NO2. The Bertz CT molecular complexity index is 644. The molecule has 0 unspecified atom stereocenters. The van der Waals surface area contributed by atoms with Gasteiger partial charge in [0.25, 0.3) is 0 Å². The molecule has 0 fully saturated rings. The van der Waals surface area contributed by atoms with Crippen LogP contribution >= 0.6 is 23.2 Å². The van der Waals surface area contributed by atoms with Gasteiger partial charge in [-0.2, -0.15) is 0 Å². The molecule has 21 heavy (non-hydrogen) atoms. The highest BCUT2D eigenvalue weighted by atomic mass is 35.5. The predicted molar refractivity (Wildman–Crippen MR) is 85.0 cm³/mol. The van der Waals surface area contributed by atoms with Crippen LogP contribution in [-0.4, -0.2) is 17.6 Å². The van der Waals surface area contributed by atoms with E-state index in [0.29, 0.717) is 23.0 Å². The van der Waals surface area contributed by atoms with Crippen molar-refractivity contribution in [2.45, 2.75) is 12.8 Å². The number of rotatable bonds is 5. The zero-order valence-electron chi connectivity index (χ0n) is 11.3. The van der Waals surface area contributed by atoms with Crippen molar-refractivity contribution in [3.63, 3.8) is 0 Å². The standard InChI is InChI=1S/C16H15Cl2NO2/c17-13-5-4-12(15(18)10-13)6-7-19-16(21)9-11-2-1-3-14(20)8-11/h1-5,8,10,20H,6-7,9H2,(H,19,21). The summed E-state index contributed by atoms with van der Waals surface area (Å²) >= 11 is 11.9. The molecule has 3 nitrogen and oxygen atoms in total. The van der Waals surface area contributed by atoms with E-state index in [9.17, 15) is 9.90 Å². The molecule has 2 rings (SSSR count). The largest absolute Gasteiger partial charge is 0.508 e. The summed E-state index contributed by atoms with van der Waals surface area (Å²) in [4.78, 5) is 11.8. The third-order valence-electron chi connectivity index (χ3n) is 3.01. The van der Waals surface area contributed by atoms with Gasteiger partial charge >= 0.3 is 0 Å². The Morgan fingerprint density at radius 2 is 1.95 bits per heavy atom. The van der Waals surface area contributed by atoms with Crippen molar-refractivity contribution < 1.29 is 9.90 Å². The molecule has 2 aromatic carbocycles. The van der Waals surface area contributed by atoms with Gasteiger partial charge in [-0.25, -0.2) is 0 Å². The number of amides is 1. The highest BCUT2D eigenvalue weighted by Gasteiger charge is 2.05. The van der Waals surface area contributed by atoms with Crippen molar-refractivity contribution in [1.82, 2.24) is 5.32 Å². The second kappa shape index (κ2) is 7.34. The lowest BCUT2D eigenvalue weighted by molar-refractivity contribution is -0.120. The third kappa shape index (κ3) is 4.96. The molecule has 110 valence electrons. The van der Waals surface area contributed by atoms with Gasteiger partial charge in [0, 0.05) is 16.6 Å². The fraction of sp³-hybridized carbons (Fsp3) is 0.188. The van der Waals surface area contributed by atoms with Gasteiger partial charge in [-0.1, -0.05) is 41.4 Å². The van der Waals surface area contributed by atoms with E-state index in [1.165, 1.54) is 0 Å². The van der Waals surface area contributed by atoms with Crippen LogP contribution in [0.25, 0.3) is 0 Å². The molecule has 0 aliphatic rings. The summed E-state index contributed by atoms with van der Waals surface area (Å²) in [5.74, 6) is 0.0685. The van der Waals surface area contributed by atoms with Crippen LogP contribution in [-0.2, 0) is 17.6 Å². The van der Waals surface area contributed by atoms with Gasteiger partial charge in [0.05, 0.1) is 6.42 Å². The number of benzene rings is 2. The van der Waals surface area contributed by atoms with Crippen LogP contribution in [0.4, 0.5) is 0 Å². The van der Waals surface area contributed by atoms with Crippen molar-refractivity contribution in [2.24, 2.45) is 0 Å². The van der Waals surface area contributed by atoms with E-state index in [1.807, 2.05) is 6.07 Å². The summed E-state index contributed by atoms with van der Waals surface area (Å²) in [7, 11) is 0. The number of aromatic hydroxyl groups is 1.